The van der Waals surface area contributed by atoms with Crippen LogP contribution >= 0.6 is 0 Å². The first-order valence-corrected chi connectivity index (χ1v) is 5.16. The monoisotopic (exact) mass is 199 g/mol. The van der Waals surface area contributed by atoms with E-state index in [0.29, 0.717) is 12.5 Å². The first kappa shape index (κ1) is 11.0. The summed E-state index contributed by atoms with van der Waals surface area (Å²) in [5, 5.41) is 0. The number of hydrogen-bond acceptors (Lipinski definition) is 3. The van der Waals surface area contributed by atoms with E-state index in [-0.39, 0.29) is 0 Å². The lowest BCUT2D eigenvalue weighted by Gasteiger charge is -2.20. The molecular weight excluding hydrogens is 182 g/mol. The number of carbonyl (C=O) groups is 2. The van der Waals surface area contributed by atoms with E-state index in [9.17, 15) is 9.59 Å². The van der Waals surface area contributed by atoms with Crippen LogP contribution in [-0.4, -0.2) is 18.5 Å². The lowest BCUT2D eigenvalue weighted by Crippen LogP contribution is -2.26. The summed E-state index contributed by atoms with van der Waals surface area (Å²) < 4.78 is 4.69. The Balaban J connectivity index is 2.08. The number of carbonyl (C=O) groups excluding carboxylic acids is 2. The van der Waals surface area contributed by atoms with Crippen molar-refractivity contribution >= 4 is 11.9 Å². The lowest BCUT2D eigenvalue weighted by molar-refractivity contribution is -0.153. The Morgan fingerprint density at radius 1 is 1.21 bits per heavy atom. The Hall–Kier alpha value is -1.06. The molecule has 0 aromatic rings. The van der Waals surface area contributed by atoms with Gasteiger partial charge in [-0.3, -0.25) is 4.79 Å². The quantitative estimate of drug-likeness (QED) is 0.544. The van der Waals surface area contributed by atoms with E-state index in [1.807, 2.05) is 0 Å². The summed E-state index contributed by atoms with van der Waals surface area (Å²) in [5.74, 6) is -1.26. The van der Waals surface area contributed by atoms with Crippen molar-refractivity contribution in [3.8, 4) is 0 Å². The minimum atomic E-state index is -1.01. The zero-order chi connectivity index (χ0) is 10.4. The van der Waals surface area contributed by atoms with Gasteiger partial charge in [0.15, 0.2) is 0 Å². The van der Waals surface area contributed by atoms with Gasteiger partial charge in [-0.2, -0.15) is 0 Å². The molecule has 4 heteroatoms. The molecule has 14 heavy (non-hydrogen) atoms. The Labute approximate surface area is 83.8 Å². The molecule has 80 valence electrons. The standard InChI is InChI=1S/C10H17NO3/c11-9(12)10(13)14-7-6-8-4-2-1-3-5-8/h8H,1-7H2,(H2,11,12). The number of primary amides is 1. The van der Waals surface area contributed by atoms with Crippen LogP contribution in [0.2, 0.25) is 0 Å². The Morgan fingerprint density at radius 2 is 1.86 bits per heavy atom. The van der Waals surface area contributed by atoms with Crippen molar-refractivity contribution in [1.29, 1.82) is 0 Å². The fraction of sp³-hybridized carbons (Fsp3) is 0.800. The highest BCUT2D eigenvalue weighted by atomic mass is 16.5. The molecular formula is C10H17NO3. The van der Waals surface area contributed by atoms with E-state index >= 15 is 0 Å². The Bertz CT molecular complexity index is 209. The minimum absolute atomic E-state index is 0.326. The van der Waals surface area contributed by atoms with Gasteiger partial charge < -0.3 is 10.5 Å². The van der Waals surface area contributed by atoms with Crippen molar-refractivity contribution in [2.45, 2.75) is 38.5 Å². The number of hydrogen-bond donors (Lipinski definition) is 1. The van der Waals surface area contributed by atoms with Crippen molar-refractivity contribution < 1.29 is 14.3 Å². The highest BCUT2D eigenvalue weighted by Gasteiger charge is 2.15. The molecule has 0 aliphatic heterocycles. The van der Waals surface area contributed by atoms with Gasteiger partial charge in [0.05, 0.1) is 6.61 Å². The maximum absolute atomic E-state index is 10.7. The van der Waals surface area contributed by atoms with Gasteiger partial charge in [-0.05, 0) is 12.3 Å². The first-order chi connectivity index (χ1) is 6.70. The van der Waals surface area contributed by atoms with Crippen LogP contribution in [0.25, 0.3) is 0 Å². The average molecular weight is 199 g/mol. The number of esters is 1. The van der Waals surface area contributed by atoms with Gasteiger partial charge in [0.25, 0.3) is 0 Å². The molecule has 0 bridgehead atoms. The molecule has 0 aromatic heterocycles. The smallest absolute Gasteiger partial charge is 0.396 e. The third-order valence-electron chi connectivity index (χ3n) is 2.69. The summed E-state index contributed by atoms with van der Waals surface area (Å²) in [5.41, 5.74) is 4.74. The van der Waals surface area contributed by atoms with Crippen molar-refractivity contribution in [2.24, 2.45) is 11.7 Å². The highest BCUT2D eigenvalue weighted by Crippen LogP contribution is 2.25. The third-order valence-corrected chi connectivity index (χ3v) is 2.69. The van der Waals surface area contributed by atoms with Crippen LogP contribution in [0.1, 0.15) is 38.5 Å². The van der Waals surface area contributed by atoms with Gasteiger partial charge in [-0.15, -0.1) is 0 Å². The molecule has 1 saturated carbocycles. The SMILES string of the molecule is NC(=O)C(=O)OCCC1CCCCC1. The second-order valence-corrected chi connectivity index (χ2v) is 3.79. The molecule has 0 unspecified atom stereocenters. The Morgan fingerprint density at radius 3 is 2.43 bits per heavy atom. The van der Waals surface area contributed by atoms with Crippen LogP contribution in [0.15, 0.2) is 0 Å². The lowest BCUT2D eigenvalue weighted by atomic mass is 9.87. The predicted octanol–water partition coefficient (Wildman–Crippen LogP) is 0.985. The van der Waals surface area contributed by atoms with E-state index in [4.69, 9.17) is 10.5 Å². The van der Waals surface area contributed by atoms with Crippen molar-refractivity contribution in [1.82, 2.24) is 0 Å². The maximum Gasteiger partial charge on any atom is 0.396 e. The van der Waals surface area contributed by atoms with Crippen LogP contribution in [0.4, 0.5) is 0 Å². The largest absolute Gasteiger partial charge is 0.459 e. The molecule has 1 rings (SSSR count). The van der Waals surface area contributed by atoms with E-state index in [0.717, 1.165) is 6.42 Å². The summed E-state index contributed by atoms with van der Waals surface area (Å²) in [4.78, 5) is 21.0. The van der Waals surface area contributed by atoms with Gasteiger partial charge in [0.1, 0.15) is 0 Å². The molecule has 0 aromatic carbocycles. The molecule has 1 aliphatic carbocycles. The highest BCUT2D eigenvalue weighted by molar-refractivity contribution is 6.31. The molecule has 2 N–H and O–H groups in total. The summed E-state index contributed by atoms with van der Waals surface area (Å²) in [6, 6.07) is 0. The van der Waals surface area contributed by atoms with Crippen molar-refractivity contribution in [3.63, 3.8) is 0 Å². The summed E-state index contributed by atoms with van der Waals surface area (Å²) in [6.07, 6.45) is 7.15. The second-order valence-electron chi connectivity index (χ2n) is 3.79. The maximum atomic E-state index is 10.7. The fourth-order valence-corrected chi connectivity index (χ4v) is 1.87. The summed E-state index contributed by atoms with van der Waals surface area (Å²) in [7, 11) is 0. The van der Waals surface area contributed by atoms with Crippen molar-refractivity contribution in [3.05, 3.63) is 0 Å². The zero-order valence-corrected chi connectivity index (χ0v) is 8.33. The molecule has 0 spiro atoms. The summed E-state index contributed by atoms with van der Waals surface area (Å²) in [6.45, 7) is 0.326. The van der Waals surface area contributed by atoms with Crippen LogP contribution in [0.3, 0.4) is 0 Å². The predicted molar refractivity (Wildman–Crippen MR) is 51.3 cm³/mol. The molecule has 0 saturated heterocycles. The van der Waals surface area contributed by atoms with E-state index in [1.165, 1.54) is 32.1 Å². The molecule has 0 radical (unpaired) electrons. The fourth-order valence-electron chi connectivity index (χ4n) is 1.87. The van der Waals surface area contributed by atoms with Crippen LogP contribution < -0.4 is 5.73 Å². The summed E-state index contributed by atoms with van der Waals surface area (Å²) >= 11 is 0. The van der Waals surface area contributed by atoms with Gasteiger partial charge in [-0.1, -0.05) is 32.1 Å². The normalized spacial score (nSPS) is 17.7. The van der Waals surface area contributed by atoms with Gasteiger partial charge in [0.2, 0.25) is 0 Å². The molecule has 0 heterocycles. The molecule has 4 nitrogen and oxygen atoms in total. The average Bonchev–Trinajstić information content (AvgIpc) is 2.19. The van der Waals surface area contributed by atoms with E-state index in [1.54, 1.807) is 0 Å². The molecule has 1 aliphatic rings. The number of nitrogens with two attached hydrogens (primary N) is 1. The van der Waals surface area contributed by atoms with Crippen molar-refractivity contribution in [2.75, 3.05) is 6.61 Å². The first-order valence-electron chi connectivity index (χ1n) is 5.16. The van der Waals surface area contributed by atoms with Crippen LogP contribution in [-0.2, 0) is 14.3 Å². The topological polar surface area (TPSA) is 69.4 Å². The van der Waals surface area contributed by atoms with Crippen LogP contribution in [0.5, 0.6) is 0 Å². The number of rotatable bonds is 3. The van der Waals surface area contributed by atoms with Gasteiger partial charge >= 0.3 is 11.9 Å². The third kappa shape index (κ3) is 3.77. The molecule has 0 atom stereocenters. The molecule has 1 amide bonds. The number of amides is 1. The molecule has 1 fully saturated rings. The minimum Gasteiger partial charge on any atom is -0.459 e. The van der Waals surface area contributed by atoms with E-state index < -0.39 is 11.9 Å². The van der Waals surface area contributed by atoms with Gasteiger partial charge in [0, 0.05) is 0 Å². The second kappa shape index (κ2) is 5.62. The Kier molecular flexibility index (Phi) is 4.43. The van der Waals surface area contributed by atoms with E-state index in [2.05, 4.69) is 0 Å². The van der Waals surface area contributed by atoms with Crippen LogP contribution in [0, 0.1) is 5.92 Å². The zero-order valence-electron chi connectivity index (χ0n) is 8.33. The number of ether oxygens (including phenoxy) is 1. The van der Waals surface area contributed by atoms with Gasteiger partial charge in [-0.25, -0.2) is 4.79 Å².